The average molecular weight is 230 g/mol. The Morgan fingerprint density at radius 1 is 1.25 bits per heavy atom. The van der Waals surface area contributed by atoms with E-state index in [-0.39, 0.29) is 17.1 Å². The first-order valence-electron chi connectivity index (χ1n) is 4.35. The smallest absolute Gasteiger partial charge is 0.406 e. The molecule has 0 N–H and O–H groups in total. The van der Waals surface area contributed by atoms with Crippen LogP contribution in [-0.4, -0.2) is 12.1 Å². The zero-order chi connectivity index (χ0) is 12.3. The van der Waals surface area contributed by atoms with Gasteiger partial charge in [-0.2, -0.15) is 0 Å². The molecule has 0 atom stereocenters. The Bertz CT molecular complexity index is 404. The maximum Gasteiger partial charge on any atom is 0.573 e. The first-order valence-corrected chi connectivity index (χ1v) is 4.35. The van der Waals surface area contributed by atoms with Crippen LogP contribution in [0.3, 0.4) is 0 Å². The molecule has 0 saturated heterocycles. The van der Waals surface area contributed by atoms with Gasteiger partial charge in [0.25, 0.3) is 0 Å². The van der Waals surface area contributed by atoms with Crippen molar-refractivity contribution >= 4 is 5.78 Å². The molecular formula is C11H9F3O2. The molecule has 0 heterocycles. The van der Waals surface area contributed by atoms with Crippen molar-refractivity contribution in [3.63, 3.8) is 0 Å². The fraction of sp³-hybridized carbons (Fsp3) is 0.182. The van der Waals surface area contributed by atoms with E-state index in [0.717, 1.165) is 12.1 Å². The lowest BCUT2D eigenvalue weighted by Crippen LogP contribution is -2.17. The van der Waals surface area contributed by atoms with E-state index in [0.29, 0.717) is 5.57 Å². The van der Waals surface area contributed by atoms with Crippen LogP contribution in [0, 0.1) is 0 Å². The highest BCUT2D eigenvalue weighted by atomic mass is 19.4. The number of carbonyl (C=O) groups excluding carboxylic acids is 1. The largest absolute Gasteiger partial charge is 0.573 e. The zero-order valence-corrected chi connectivity index (χ0v) is 8.47. The molecule has 0 amide bonds. The van der Waals surface area contributed by atoms with Gasteiger partial charge >= 0.3 is 6.36 Å². The van der Waals surface area contributed by atoms with Crippen molar-refractivity contribution in [2.75, 3.05) is 0 Å². The van der Waals surface area contributed by atoms with Crippen LogP contribution in [-0.2, 0) is 0 Å². The van der Waals surface area contributed by atoms with Crippen molar-refractivity contribution in [2.24, 2.45) is 0 Å². The highest BCUT2D eigenvalue weighted by Crippen LogP contribution is 2.23. The quantitative estimate of drug-likeness (QED) is 0.588. The third-order valence-electron chi connectivity index (χ3n) is 1.74. The topological polar surface area (TPSA) is 26.3 Å². The molecule has 1 aromatic rings. The third kappa shape index (κ3) is 3.42. The van der Waals surface area contributed by atoms with Gasteiger partial charge in [-0.05, 0) is 36.8 Å². The Morgan fingerprint density at radius 2 is 1.75 bits per heavy atom. The van der Waals surface area contributed by atoms with Gasteiger partial charge in [-0.1, -0.05) is 6.58 Å². The number of rotatable bonds is 3. The predicted octanol–water partition coefficient (Wildman–Crippen LogP) is 3.34. The first-order chi connectivity index (χ1) is 7.29. The Labute approximate surface area is 90.3 Å². The molecule has 0 aliphatic carbocycles. The maximum absolute atomic E-state index is 11.8. The van der Waals surface area contributed by atoms with Gasteiger partial charge in [-0.3, -0.25) is 4.79 Å². The van der Waals surface area contributed by atoms with Crippen LogP contribution in [0.4, 0.5) is 13.2 Å². The van der Waals surface area contributed by atoms with Crippen LogP contribution in [0.1, 0.15) is 17.3 Å². The van der Waals surface area contributed by atoms with Gasteiger partial charge in [0.15, 0.2) is 5.78 Å². The van der Waals surface area contributed by atoms with Crippen molar-refractivity contribution in [1.82, 2.24) is 0 Å². The number of Topliss-reactive ketones (excluding diaryl/α,β-unsaturated/α-hetero) is 1. The molecule has 0 spiro atoms. The van der Waals surface area contributed by atoms with Gasteiger partial charge in [0.05, 0.1) is 0 Å². The number of ether oxygens (including phenoxy) is 1. The Kier molecular flexibility index (Phi) is 3.37. The summed E-state index contributed by atoms with van der Waals surface area (Å²) in [5.41, 5.74) is 0.603. The summed E-state index contributed by atoms with van der Waals surface area (Å²) >= 11 is 0. The predicted molar refractivity (Wildman–Crippen MR) is 52.3 cm³/mol. The van der Waals surface area contributed by atoms with E-state index in [4.69, 9.17) is 0 Å². The van der Waals surface area contributed by atoms with Crippen molar-refractivity contribution in [3.8, 4) is 5.75 Å². The molecule has 0 fully saturated rings. The zero-order valence-electron chi connectivity index (χ0n) is 8.47. The number of alkyl halides is 3. The van der Waals surface area contributed by atoms with Crippen LogP contribution in [0.15, 0.2) is 36.4 Å². The van der Waals surface area contributed by atoms with E-state index in [1.165, 1.54) is 19.1 Å². The van der Waals surface area contributed by atoms with Gasteiger partial charge in [-0.25, -0.2) is 0 Å². The molecule has 86 valence electrons. The molecule has 5 heteroatoms. The Balaban J connectivity index is 2.84. The molecule has 1 aromatic carbocycles. The summed E-state index contributed by atoms with van der Waals surface area (Å²) in [5, 5.41) is 0. The SMILES string of the molecule is C=C(C)C(=O)c1ccc(OC(F)(F)F)cc1. The number of ketones is 1. The van der Waals surface area contributed by atoms with E-state index >= 15 is 0 Å². The molecular weight excluding hydrogens is 221 g/mol. The van der Waals surface area contributed by atoms with Gasteiger partial charge in [0.1, 0.15) is 5.75 Å². The van der Waals surface area contributed by atoms with E-state index in [9.17, 15) is 18.0 Å². The number of benzene rings is 1. The van der Waals surface area contributed by atoms with Gasteiger partial charge < -0.3 is 4.74 Å². The highest BCUT2D eigenvalue weighted by molar-refractivity contribution is 6.07. The molecule has 0 aromatic heterocycles. The maximum atomic E-state index is 11.8. The molecule has 16 heavy (non-hydrogen) atoms. The van der Waals surface area contributed by atoms with Crippen molar-refractivity contribution in [2.45, 2.75) is 13.3 Å². The van der Waals surface area contributed by atoms with Gasteiger partial charge in [0.2, 0.25) is 0 Å². The highest BCUT2D eigenvalue weighted by Gasteiger charge is 2.31. The van der Waals surface area contributed by atoms with Crippen LogP contribution in [0.2, 0.25) is 0 Å². The lowest BCUT2D eigenvalue weighted by molar-refractivity contribution is -0.274. The number of hydrogen-bond donors (Lipinski definition) is 0. The standard InChI is InChI=1S/C11H9F3O2/c1-7(2)10(15)8-3-5-9(6-4-8)16-11(12,13)14/h3-6H,1H2,2H3. The number of carbonyl (C=O) groups is 1. The van der Waals surface area contributed by atoms with Crippen LogP contribution in [0.25, 0.3) is 0 Å². The molecule has 0 unspecified atom stereocenters. The molecule has 1 rings (SSSR count). The summed E-state index contributed by atoms with van der Waals surface area (Å²) in [5.74, 6) is -0.663. The molecule has 0 bridgehead atoms. The number of hydrogen-bond acceptors (Lipinski definition) is 2. The monoisotopic (exact) mass is 230 g/mol. The molecule has 2 nitrogen and oxygen atoms in total. The molecule has 0 aliphatic rings. The minimum atomic E-state index is -4.72. The molecule has 0 aliphatic heterocycles. The number of allylic oxidation sites excluding steroid dienone is 1. The summed E-state index contributed by atoms with van der Waals surface area (Å²) in [6.45, 7) is 4.98. The average Bonchev–Trinajstić information content (AvgIpc) is 2.15. The third-order valence-corrected chi connectivity index (χ3v) is 1.74. The van der Waals surface area contributed by atoms with Crippen molar-refractivity contribution in [1.29, 1.82) is 0 Å². The summed E-state index contributed by atoms with van der Waals surface area (Å²) in [7, 11) is 0. The normalized spacial score (nSPS) is 11.0. The van der Waals surface area contributed by atoms with Crippen molar-refractivity contribution in [3.05, 3.63) is 42.0 Å². The molecule has 0 radical (unpaired) electrons. The first kappa shape index (κ1) is 12.3. The lowest BCUT2D eigenvalue weighted by Gasteiger charge is -2.08. The van der Waals surface area contributed by atoms with Crippen LogP contribution >= 0.6 is 0 Å². The van der Waals surface area contributed by atoms with Crippen LogP contribution in [0.5, 0.6) is 5.75 Å². The second-order valence-electron chi connectivity index (χ2n) is 3.18. The second kappa shape index (κ2) is 4.38. The van der Waals surface area contributed by atoms with Gasteiger partial charge in [0, 0.05) is 5.56 Å². The fourth-order valence-corrected chi connectivity index (χ4v) is 1.05. The van der Waals surface area contributed by atoms with Crippen molar-refractivity contribution < 1.29 is 22.7 Å². The fourth-order valence-electron chi connectivity index (χ4n) is 1.05. The summed E-state index contributed by atoms with van der Waals surface area (Å²) in [6.07, 6.45) is -4.72. The summed E-state index contributed by atoms with van der Waals surface area (Å²) in [4.78, 5) is 11.4. The summed E-state index contributed by atoms with van der Waals surface area (Å²) in [6, 6.07) is 4.70. The minimum absolute atomic E-state index is 0.280. The van der Waals surface area contributed by atoms with E-state index in [2.05, 4.69) is 11.3 Å². The van der Waals surface area contributed by atoms with E-state index in [1.807, 2.05) is 0 Å². The lowest BCUT2D eigenvalue weighted by atomic mass is 10.1. The van der Waals surface area contributed by atoms with Crippen LogP contribution < -0.4 is 4.74 Å². The van der Waals surface area contributed by atoms with Gasteiger partial charge in [-0.15, -0.1) is 13.2 Å². The molecule has 0 saturated carbocycles. The Morgan fingerprint density at radius 3 is 2.12 bits per heavy atom. The number of halogens is 3. The van der Waals surface area contributed by atoms with E-state index < -0.39 is 6.36 Å². The second-order valence-corrected chi connectivity index (χ2v) is 3.18. The summed E-state index contributed by atoms with van der Waals surface area (Å²) < 4.78 is 39.1. The minimum Gasteiger partial charge on any atom is -0.406 e. The van der Waals surface area contributed by atoms with E-state index in [1.54, 1.807) is 0 Å². The Hall–Kier alpha value is -1.78.